The molecule has 18 heavy (non-hydrogen) atoms. The standard InChI is InChI=1S/C11H25N3O3S/c1-13(2)18(15,16)14-8-5-4-6-11(14)10-12-7-9-17-3/h11-12H,4-10H2,1-3H3. The highest BCUT2D eigenvalue weighted by atomic mass is 32.2. The van der Waals surface area contributed by atoms with Crippen LogP contribution in [0.5, 0.6) is 0 Å². The average molecular weight is 279 g/mol. The van der Waals surface area contributed by atoms with Crippen LogP contribution in [0.3, 0.4) is 0 Å². The van der Waals surface area contributed by atoms with Gasteiger partial charge in [-0.25, -0.2) is 0 Å². The molecule has 0 aromatic rings. The summed E-state index contributed by atoms with van der Waals surface area (Å²) in [7, 11) is 1.53. The van der Waals surface area contributed by atoms with E-state index >= 15 is 0 Å². The van der Waals surface area contributed by atoms with Crippen molar-refractivity contribution in [3.63, 3.8) is 0 Å². The molecule has 1 fully saturated rings. The first-order chi connectivity index (χ1) is 8.50. The van der Waals surface area contributed by atoms with Crippen LogP contribution >= 0.6 is 0 Å². The number of piperidine rings is 1. The van der Waals surface area contributed by atoms with Crippen molar-refractivity contribution in [3.05, 3.63) is 0 Å². The first-order valence-electron chi connectivity index (χ1n) is 6.39. The van der Waals surface area contributed by atoms with Crippen LogP contribution in [0.2, 0.25) is 0 Å². The maximum atomic E-state index is 12.2. The fourth-order valence-corrected chi connectivity index (χ4v) is 3.47. The second-order valence-electron chi connectivity index (χ2n) is 4.75. The van der Waals surface area contributed by atoms with E-state index in [0.29, 0.717) is 19.7 Å². The number of methoxy groups -OCH3 is 1. The summed E-state index contributed by atoms with van der Waals surface area (Å²) in [6.07, 6.45) is 2.96. The van der Waals surface area contributed by atoms with Crippen LogP contribution in [0.15, 0.2) is 0 Å². The quantitative estimate of drug-likeness (QED) is 0.660. The van der Waals surface area contributed by atoms with Crippen LogP contribution < -0.4 is 5.32 Å². The number of nitrogens with one attached hydrogen (secondary N) is 1. The number of hydrogen-bond donors (Lipinski definition) is 1. The Morgan fingerprint density at radius 2 is 2.11 bits per heavy atom. The summed E-state index contributed by atoms with van der Waals surface area (Å²) in [4.78, 5) is 0. The van der Waals surface area contributed by atoms with Gasteiger partial charge in [-0.1, -0.05) is 6.42 Å². The largest absolute Gasteiger partial charge is 0.383 e. The lowest BCUT2D eigenvalue weighted by atomic mass is 10.1. The molecule has 7 heteroatoms. The second-order valence-corrected chi connectivity index (χ2v) is 6.84. The van der Waals surface area contributed by atoms with Crippen LogP contribution in [-0.4, -0.2) is 70.5 Å². The monoisotopic (exact) mass is 279 g/mol. The topological polar surface area (TPSA) is 61.9 Å². The Morgan fingerprint density at radius 1 is 1.39 bits per heavy atom. The van der Waals surface area contributed by atoms with Gasteiger partial charge in [0.25, 0.3) is 10.2 Å². The summed E-state index contributed by atoms with van der Waals surface area (Å²) in [6, 6.07) is 0.0583. The smallest absolute Gasteiger partial charge is 0.281 e. The van der Waals surface area contributed by atoms with Gasteiger partial charge in [0.15, 0.2) is 0 Å². The first-order valence-corrected chi connectivity index (χ1v) is 7.78. The van der Waals surface area contributed by atoms with E-state index < -0.39 is 10.2 Å². The molecule has 0 spiro atoms. The molecule has 0 radical (unpaired) electrons. The van der Waals surface area contributed by atoms with E-state index in [1.165, 1.54) is 4.31 Å². The molecular formula is C11H25N3O3S. The number of rotatable bonds is 7. The third-order valence-corrected chi connectivity index (χ3v) is 5.19. The van der Waals surface area contributed by atoms with Gasteiger partial charge in [0.1, 0.15) is 0 Å². The molecule has 0 aliphatic carbocycles. The van der Waals surface area contributed by atoms with Gasteiger partial charge >= 0.3 is 0 Å². The van der Waals surface area contributed by atoms with Crippen LogP contribution in [0.4, 0.5) is 0 Å². The van der Waals surface area contributed by atoms with Gasteiger partial charge < -0.3 is 10.1 Å². The molecule has 1 saturated heterocycles. The summed E-state index contributed by atoms with van der Waals surface area (Å²) in [5.74, 6) is 0. The first kappa shape index (κ1) is 15.8. The summed E-state index contributed by atoms with van der Waals surface area (Å²) in [5, 5.41) is 3.25. The lowest BCUT2D eigenvalue weighted by Crippen LogP contribution is -2.52. The third kappa shape index (κ3) is 4.17. The summed E-state index contributed by atoms with van der Waals surface area (Å²) < 4.78 is 32.2. The third-order valence-electron chi connectivity index (χ3n) is 3.19. The Hall–Kier alpha value is -0.210. The maximum absolute atomic E-state index is 12.2. The van der Waals surface area contributed by atoms with Gasteiger partial charge in [0.2, 0.25) is 0 Å². The Morgan fingerprint density at radius 3 is 2.72 bits per heavy atom. The van der Waals surface area contributed by atoms with Gasteiger partial charge in [-0.05, 0) is 12.8 Å². The molecule has 0 aromatic heterocycles. The van der Waals surface area contributed by atoms with Crippen molar-refractivity contribution in [1.29, 1.82) is 0 Å². The molecule has 6 nitrogen and oxygen atoms in total. The molecule has 1 N–H and O–H groups in total. The van der Waals surface area contributed by atoms with Gasteiger partial charge in [0.05, 0.1) is 6.61 Å². The molecule has 1 unspecified atom stereocenters. The SMILES string of the molecule is COCCNCC1CCCCN1S(=O)(=O)N(C)C. The van der Waals surface area contributed by atoms with Crippen LogP contribution in [0.25, 0.3) is 0 Å². The van der Waals surface area contributed by atoms with Gasteiger partial charge in [-0.2, -0.15) is 17.0 Å². The molecule has 108 valence electrons. The zero-order chi connectivity index (χ0) is 13.6. The highest BCUT2D eigenvalue weighted by Crippen LogP contribution is 2.21. The van der Waals surface area contributed by atoms with E-state index in [9.17, 15) is 8.42 Å². The Kier molecular flexibility index (Phi) is 6.51. The zero-order valence-corrected chi connectivity index (χ0v) is 12.4. The Bertz CT molecular complexity index is 332. The lowest BCUT2D eigenvalue weighted by Gasteiger charge is -2.36. The van der Waals surface area contributed by atoms with E-state index in [-0.39, 0.29) is 6.04 Å². The fraction of sp³-hybridized carbons (Fsp3) is 1.00. The van der Waals surface area contributed by atoms with Crippen LogP contribution in [-0.2, 0) is 14.9 Å². The predicted octanol–water partition coefficient (Wildman–Crippen LogP) is -0.117. The second kappa shape index (κ2) is 7.40. The van der Waals surface area contributed by atoms with Crippen molar-refractivity contribution in [2.45, 2.75) is 25.3 Å². The van der Waals surface area contributed by atoms with Crippen molar-refractivity contribution < 1.29 is 13.2 Å². The average Bonchev–Trinajstić information content (AvgIpc) is 2.35. The van der Waals surface area contributed by atoms with E-state index in [1.54, 1.807) is 25.5 Å². The minimum atomic E-state index is -3.30. The molecule has 0 saturated carbocycles. The normalized spacial score (nSPS) is 22.6. The highest BCUT2D eigenvalue weighted by molar-refractivity contribution is 7.86. The molecule has 1 rings (SSSR count). The Labute approximate surface area is 110 Å². The lowest BCUT2D eigenvalue weighted by molar-refractivity contribution is 0.190. The minimum Gasteiger partial charge on any atom is -0.383 e. The van der Waals surface area contributed by atoms with E-state index in [2.05, 4.69) is 5.32 Å². The van der Waals surface area contributed by atoms with Crippen LogP contribution in [0, 0.1) is 0 Å². The molecule has 1 aliphatic rings. The number of hydrogen-bond acceptors (Lipinski definition) is 4. The minimum absolute atomic E-state index is 0.0583. The molecule has 0 amide bonds. The zero-order valence-electron chi connectivity index (χ0n) is 11.6. The Balaban J connectivity index is 2.57. The summed E-state index contributed by atoms with van der Waals surface area (Å²) in [6.45, 7) is 2.71. The molecule has 1 aliphatic heterocycles. The van der Waals surface area contributed by atoms with Crippen molar-refractivity contribution in [1.82, 2.24) is 13.9 Å². The molecule has 1 atom stereocenters. The highest BCUT2D eigenvalue weighted by Gasteiger charge is 2.33. The van der Waals surface area contributed by atoms with Crippen molar-refractivity contribution in [2.75, 3.05) is 47.4 Å². The molecular weight excluding hydrogens is 254 g/mol. The van der Waals surface area contributed by atoms with Crippen molar-refractivity contribution >= 4 is 10.2 Å². The molecule has 0 bridgehead atoms. The fourth-order valence-electron chi connectivity index (χ4n) is 2.13. The van der Waals surface area contributed by atoms with E-state index in [1.807, 2.05) is 0 Å². The number of ether oxygens (including phenoxy) is 1. The van der Waals surface area contributed by atoms with E-state index in [0.717, 1.165) is 25.8 Å². The van der Waals surface area contributed by atoms with Gasteiger partial charge in [-0.15, -0.1) is 0 Å². The summed E-state index contributed by atoms with van der Waals surface area (Å²) >= 11 is 0. The predicted molar refractivity (Wildman–Crippen MR) is 71.7 cm³/mol. The maximum Gasteiger partial charge on any atom is 0.281 e. The molecule has 1 heterocycles. The van der Waals surface area contributed by atoms with Gasteiger partial charge in [-0.3, -0.25) is 0 Å². The van der Waals surface area contributed by atoms with Crippen molar-refractivity contribution in [3.8, 4) is 0 Å². The van der Waals surface area contributed by atoms with Crippen LogP contribution in [0.1, 0.15) is 19.3 Å². The number of nitrogens with zero attached hydrogens (tertiary/aromatic N) is 2. The van der Waals surface area contributed by atoms with Gasteiger partial charge in [0, 0.05) is 46.9 Å². The summed E-state index contributed by atoms with van der Waals surface area (Å²) in [5.41, 5.74) is 0. The van der Waals surface area contributed by atoms with Crippen molar-refractivity contribution in [2.24, 2.45) is 0 Å². The molecule has 0 aromatic carbocycles. The van der Waals surface area contributed by atoms with E-state index in [4.69, 9.17) is 4.74 Å².